The first kappa shape index (κ1) is 16.7. The number of fused-ring (bicyclic) bond motifs is 1. The molecule has 0 saturated heterocycles. The van der Waals surface area contributed by atoms with Gasteiger partial charge >= 0.3 is 0 Å². The van der Waals surface area contributed by atoms with Crippen LogP contribution in [0, 0.1) is 5.82 Å². The molecular formula is C22H20FNO2. The van der Waals surface area contributed by atoms with Gasteiger partial charge in [-0.05, 0) is 48.6 Å². The van der Waals surface area contributed by atoms with Crippen LogP contribution >= 0.6 is 0 Å². The second-order valence-electron chi connectivity index (χ2n) is 7.02. The van der Waals surface area contributed by atoms with Crippen molar-refractivity contribution in [3.8, 4) is 0 Å². The van der Waals surface area contributed by atoms with E-state index in [1.54, 1.807) is 0 Å². The van der Waals surface area contributed by atoms with Gasteiger partial charge in [-0.25, -0.2) is 4.39 Å². The van der Waals surface area contributed by atoms with Crippen LogP contribution in [0.2, 0.25) is 0 Å². The number of allylic oxidation sites excluding steroid dienone is 1. The third-order valence-corrected chi connectivity index (χ3v) is 5.31. The quantitative estimate of drug-likeness (QED) is 0.619. The largest absolute Gasteiger partial charge is 0.321 e. The fourth-order valence-electron chi connectivity index (χ4n) is 3.87. The Kier molecular flexibility index (Phi) is 4.41. The van der Waals surface area contributed by atoms with Crippen LogP contribution in [0.5, 0.6) is 0 Å². The van der Waals surface area contributed by atoms with Crippen LogP contribution in [0.1, 0.15) is 59.5 Å². The van der Waals surface area contributed by atoms with Gasteiger partial charge in [0.05, 0.1) is 5.57 Å². The van der Waals surface area contributed by atoms with Crippen molar-refractivity contribution in [1.29, 1.82) is 0 Å². The minimum atomic E-state index is -0.435. The zero-order valence-electron chi connectivity index (χ0n) is 14.4. The van der Waals surface area contributed by atoms with Gasteiger partial charge in [-0.15, -0.1) is 0 Å². The van der Waals surface area contributed by atoms with E-state index in [2.05, 4.69) is 5.32 Å². The molecule has 1 amide bonds. The molecule has 0 unspecified atom stereocenters. The highest BCUT2D eigenvalue weighted by atomic mass is 19.1. The molecule has 2 aliphatic rings. The standard InChI is InChI=1S/C22H20FNO2/c23-17-10-11-20-18(12-17)19(22(26)24-20)13-21(25)16-8-6-15(7-9-16)14-4-2-1-3-5-14/h6-14H,1-5H2,(H,24,26)/b19-13+. The summed E-state index contributed by atoms with van der Waals surface area (Å²) in [5.41, 5.74) is 2.99. The van der Waals surface area contributed by atoms with Crippen molar-refractivity contribution in [2.75, 3.05) is 5.32 Å². The van der Waals surface area contributed by atoms with Gasteiger partial charge < -0.3 is 5.32 Å². The molecule has 1 fully saturated rings. The summed E-state index contributed by atoms with van der Waals surface area (Å²) in [5.74, 6) is -0.475. The summed E-state index contributed by atoms with van der Waals surface area (Å²) >= 11 is 0. The van der Waals surface area contributed by atoms with Crippen LogP contribution in [-0.2, 0) is 4.79 Å². The Morgan fingerprint density at radius 1 is 1.04 bits per heavy atom. The Morgan fingerprint density at radius 3 is 2.50 bits per heavy atom. The highest BCUT2D eigenvalue weighted by molar-refractivity contribution is 6.35. The van der Waals surface area contributed by atoms with Crippen LogP contribution in [0.3, 0.4) is 0 Å². The van der Waals surface area contributed by atoms with Crippen molar-refractivity contribution in [2.24, 2.45) is 0 Å². The summed E-state index contributed by atoms with van der Waals surface area (Å²) in [5, 5.41) is 2.66. The van der Waals surface area contributed by atoms with Crippen LogP contribution in [-0.4, -0.2) is 11.7 Å². The molecule has 2 aromatic rings. The molecule has 26 heavy (non-hydrogen) atoms. The molecule has 0 radical (unpaired) electrons. The lowest BCUT2D eigenvalue weighted by Crippen LogP contribution is -2.07. The maximum absolute atomic E-state index is 13.5. The first-order valence-electron chi connectivity index (χ1n) is 9.09. The Bertz CT molecular complexity index is 893. The molecule has 132 valence electrons. The number of hydrogen-bond acceptors (Lipinski definition) is 2. The number of anilines is 1. The summed E-state index contributed by atoms with van der Waals surface area (Å²) in [4.78, 5) is 24.7. The number of amides is 1. The van der Waals surface area contributed by atoms with Gasteiger partial charge in [0.2, 0.25) is 0 Å². The molecule has 0 atom stereocenters. The molecule has 1 aliphatic carbocycles. The predicted octanol–water partition coefficient (Wildman–Crippen LogP) is 5.09. The number of halogens is 1. The summed E-state index contributed by atoms with van der Waals surface area (Å²) in [6.07, 6.45) is 7.56. The Labute approximate surface area is 151 Å². The first-order chi connectivity index (χ1) is 12.6. The van der Waals surface area contributed by atoms with E-state index >= 15 is 0 Å². The fraction of sp³-hybridized carbons (Fsp3) is 0.273. The minimum Gasteiger partial charge on any atom is -0.321 e. The van der Waals surface area contributed by atoms with E-state index in [4.69, 9.17) is 0 Å². The van der Waals surface area contributed by atoms with Gasteiger partial charge in [0.15, 0.2) is 5.78 Å². The zero-order chi connectivity index (χ0) is 18.1. The Balaban J connectivity index is 1.57. The molecule has 0 bridgehead atoms. The molecule has 3 nitrogen and oxygen atoms in total. The maximum atomic E-state index is 13.5. The van der Waals surface area contributed by atoms with E-state index in [-0.39, 0.29) is 17.3 Å². The molecule has 1 aliphatic heterocycles. The predicted molar refractivity (Wildman–Crippen MR) is 99.6 cm³/mol. The van der Waals surface area contributed by atoms with Gasteiger partial charge in [-0.2, -0.15) is 0 Å². The smallest absolute Gasteiger partial charge is 0.256 e. The van der Waals surface area contributed by atoms with Crippen molar-refractivity contribution in [3.63, 3.8) is 0 Å². The van der Waals surface area contributed by atoms with E-state index in [1.807, 2.05) is 24.3 Å². The third-order valence-electron chi connectivity index (χ3n) is 5.31. The maximum Gasteiger partial charge on any atom is 0.256 e. The zero-order valence-corrected chi connectivity index (χ0v) is 14.4. The lowest BCUT2D eigenvalue weighted by molar-refractivity contribution is -0.110. The molecule has 0 aromatic heterocycles. The van der Waals surface area contributed by atoms with E-state index < -0.39 is 5.82 Å². The average molecular weight is 349 g/mol. The lowest BCUT2D eigenvalue weighted by atomic mass is 9.84. The van der Waals surface area contributed by atoms with Gasteiger partial charge in [0, 0.05) is 16.8 Å². The summed E-state index contributed by atoms with van der Waals surface area (Å²) in [7, 11) is 0. The van der Waals surface area contributed by atoms with E-state index in [0.717, 1.165) is 0 Å². The van der Waals surface area contributed by atoms with Gasteiger partial charge in [-0.3, -0.25) is 9.59 Å². The number of ketones is 1. The summed E-state index contributed by atoms with van der Waals surface area (Å²) < 4.78 is 13.5. The number of nitrogens with one attached hydrogen (secondary N) is 1. The molecule has 2 aromatic carbocycles. The minimum absolute atomic E-state index is 0.209. The SMILES string of the molecule is O=C1Nc2ccc(F)cc2/C1=C\C(=O)c1ccc(C2CCCCC2)cc1. The van der Waals surface area contributed by atoms with Crippen LogP contribution in [0.25, 0.3) is 5.57 Å². The molecule has 1 N–H and O–H groups in total. The topological polar surface area (TPSA) is 46.2 Å². The number of carbonyl (C=O) groups excluding carboxylic acids is 2. The van der Waals surface area contributed by atoms with E-state index in [0.29, 0.717) is 22.7 Å². The third kappa shape index (κ3) is 3.19. The highest BCUT2D eigenvalue weighted by Crippen LogP contribution is 2.34. The van der Waals surface area contributed by atoms with Crippen molar-refractivity contribution >= 4 is 23.0 Å². The molecule has 4 heteroatoms. The normalized spacial score (nSPS) is 18.7. The van der Waals surface area contributed by atoms with Crippen LogP contribution < -0.4 is 5.32 Å². The molecule has 0 spiro atoms. The number of benzene rings is 2. The second kappa shape index (κ2) is 6.87. The number of hydrogen-bond donors (Lipinski definition) is 1. The lowest BCUT2D eigenvalue weighted by Gasteiger charge is -2.21. The number of carbonyl (C=O) groups is 2. The van der Waals surface area contributed by atoms with Gasteiger partial charge in [0.25, 0.3) is 5.91 Å². The summed E-state index contributed by atoms with van der Waals surface area (Å²) in [6.45, 7) is 0. The second-order valence-corrected chi connectivity index (χ2v) is 7.02. The first-order valence-corrected chi connectivity index (χ1v) is 9.09. The van der Waals surface area contributed by atoms with E-state index in [9.17, 15) is 14.0 Å². The average Bonchev–Trinajstić information content (AvgIpc) is 2.97. The monoisotopic (exact) mass is 349 g/mol. The van der Waals surface area contributed by atoms with Gasteiger partial charge in [0.1, 0.15) is 5.82 Å². The van der Waals surface area contributed by atoms with Gasteiger partial charge in [-0.1, -0.05) is 43.5 Å². The number of rotatable bonds is 3. The fourth-order valence-corrected chi connectivity index (χ4v) is 3.87. The van der Waals surface area contributed by atoms with E-state index in [1.165, 1.54) is 61.9 Å². The van der Waals surface area contributed by atoms with Crippen molar-refractivity contribution < 1.29 is 14.0 Å². The van der Waals surface area contributed by atoms with Crippen LogP contribution in [0.4, 0.5) is 10.1 Å². The molecular weight excluding hydrogens is 329 g/mol. The Morgan fingerprint density at radius 2 is 1.77 bits per heavy atom. The van der Waals surface area contributed by atoms with Crippen molar-refractivity contribution in [2.45, 2.75) is 38.0 Å². The molecule has 4 rings (SSSR count). The molecule has 1 saturated carbocycles. The summed E-state index contributed by atoms with van der Waals surface area (Å²) in [6, 6.07) is 11.7. The van der Waals surface area contributed by atoms with Crippen molar-refractivity contribution in [3.05, 3.63) is 71.0 Å². The van der Waals surface area contributed by atoms with Crippen molar-refractivity contribution in [1.82, 2.24) is 0 Å². The Hall–Kier alpha value is -2.75. The highest BCUT2D eigenvalue weighted by Gasteiger charge is 2.25. The van der Waals surface area contributed by atoms with Crippen LogP contribution in [0.15, 0.2) is 48.5 Å². The molecule has 1 heterocycles.